The summed E-state index contributed by atoms with van der Waals surface area (Å²) in [6.07, 6.45) is 0.773. The van der Waals surface area contributed by atoms with Crippen LogP contribution < -0.4 is 0 Å². The van der Waals surface area contributed by atoms with Gasteiger partial charge in [0.15, 0.2) is 0 Å². The molecule has 2 aromatic carbocycles. The number of hydrogen-bond donors (Lipinski definition) is 0. The minimum Gasteiger partial charge on any atom is -0.300 e. The van der Waals surface area contributed by atoms with Gasteiger partial charge in [0.2, 0.25) is 10.0 Å². The Morgan fingerprint density at radius 2 is 1.30 bits per heavy atom. The van der Waals surface area contributed by atoms with Crippen LogP contribution in [0.4, 0.5) is 8.78 Å². The Kier molecular flexibility index (Phi) is 6.57. The molecule has 1 saturated heterocycles. The van der Waals surface area contributed by atoms with E-state index in [2.05, 4.69) is 4.90 Å². The van der Waals surface area contributed by atoms with E-state index in [1.54, 1.807) is 30.3 Å². The van der Waals surface area contributed by atoms with Gasteiger partial charge in [0, 0.05) is 32.7 Å². The highest BCUT2D eigenvalue weighted by atomic mass is 32.2. The Bertz CT molecular complexity index is 866. The van der Waals surface area contributed by atoms with Crippen molar-refractivity contribution in [3.05, 3.63) is 71.3 Å². The summed E-state index contributed by atoms with van der Waals surface area (Å²) >= 11 is 0. The Hall–Kier alpha value is -1.83. The quantitative estimate of drug-likeness (QED) is 0.725. The molecular weight excluding hydrogens is 370 g/mol. The van der Waals surface area contributed by atoms with Crippen molar-refractivity contribution in [2.75, 3.05) is 38.5 Å². The van der Waals surface area contributed by atoms with Gasteiger partial charge < -0.3 is 4.90 Å². The van der Waals surface area contributed by atoms with Crippen molar-refractivity contribution in [3.8, 4) is 0 Å². The van der Waals surface area contributed by atoms with Crippen molar-refractivity contribution in [3.63, 3.8) is 0 Å². The molecule has 0 bridgehead atoms. The van der Waals surface area contributed by atoms with E-state index in [1.807, 2.05) is 6.07 Å². The zero-order chi connectivity index (χ0) is 19.3. The molecule has 3 rings (SSSR count). The highest BCUT2D eigenvalue weighted by molar-refractivity contribution is 7.89. The predicted octanol–water partition coefficient (Wildman–Crippen LogP) is 2.70. The summed E-state index contributed by atoms with van der Waals surface area (Å²) in [5.41, 5.74) is 1.10. The van der Waals surface area contributed by atoms with E-state index in [4.69, 9.17) is 0 Å². The summed E-state index contributed by atoms with van der Waals surface area (Å²) in [7, 11) is -3.42. The van der Waals surface area contributed by atoms with Crippen LogP contribution in [0.3, 0.4) is 0 Å². The SMILES string of the molecule is O=S(=O)(CCc1ccccc1F)N1CCN(CCc2ccccc2F)CC1. The van der Waals surface area contributed by atoms with Gasteiger partial charge in [0.25, 0.3) is 0 Å². The molecule has 1 fully saturated rings. The average Bonchev–Trinajstić information content (AvgIpc) is 2.67. The number of hydrogen-bond acceptors (Lipinski definition) is 3. The van der Waals surface area contributed by atoms with Crippen LogP contribution in [-0.2, 0) is 22.9 Å². The minimum atomic E-state index is -3.42. The molecule has 0 aromatic heterocycles. The van der Waals surface area contributed by atoms with Gasteiger partial charge in [-0.2, -0.15) is 4.31 Å². The molecule has 0 N–H and O–H groups in total. The van der Waals surface area contributed by atoms with Crippen molar-refractivity contribution in [2.24, 2.45) is 0 Å². The molecule has 0 unspecified atom stereocenters. The van der Waals surface area contributed by atoms with Gasteiger partial charge >= 0.3 is 0 Å². The molecule has 1 aliphatic rings. The summed E-state index contributed by atoms with van der Waals surface area (Å²) in [6, 6.07) is 13.0. The predicted molar refractivity (Wildman–Crippen MR) is 102 cm³/mol. The van der Waals surface area contributed by atoms with Crippen molar-refractivity contribution >= 4 is 10.0 Å². The Balaban J connectivity index is 1.48. The second kappa shape index (κ2) is 8.91. The van der Waals surface area contributed by atoms with Crippen molar-refractivity contribution in [2.45, 2.75) is 12.8 Å². The third-order valence-electron chi connectivity index (χ3n) is 4.97. The number of benzene rings is 2. The molecule has 0 amide bonds. The second-order valence-electron chi connectivity index (χ2n) is 6.74. The fourth-order valence-electron chi connectivity index (χ4n) is 3.28. The van der Waals surface area contributed by atoms with E-state index in [0.717, 1.165) is 0 Å². The number of halogens is 2. The van der Waals surface area contributed by atoms with Crippen LogP contribution in [-0.4, -0.2) is 56.1 Å². The Morgan fingerprint density at radius 3 is 1.85 bits per heavy atom. The summed E-state index contributed by atoms with van der Waals surface area (Å²) in [5, 5.41) is 0. The molecule has 1 aliphatic heterocycles. The molecule has 4 nitrogen and oxygen atoms in total. The van der Waals surface area contributed by atoms with Crippen LogP contribution in [0.5, 0.6) is 0 Å². The lowest BCUT2D eigenvalue weighted by Gasteiger charge is -2.34. The van der Waals surface area contributed by atoms with Crippen LogP contribution in [0.25, 0.3) is 0 Å². The molecule has 146 valence electrons. The molecule has 7 heteroatoms. The van der Waals surface area contributed by atoms with Crippen LogP contribution in [0.2, 0.25) is 0 Å². The zero-order valence-electron chi connectivity index (χ0n) is 15.2. The summed E-state index contributed by atoms with van der Waals surface area (Å²) in [5.74, 6) is -0.666. The number of piperazine rings is 1. The highest BCUT2D eigenvalue weighted by Gasteiger charge is 2.26. The smallest absolute Gasteiger partial charge is 0.214 e. The lowest BCUT2D eigenvalue weighted by molar-refractivity contribution is 0.190. The monoisotopic (exact) mass is 394 g/mol. The van der Waals surface area contributed by atoms with Crippen LogP contribution in [0.15, 0.2) is 48.5 Å². The normalized spacial score (nSPS) is 16.5. The van der Waals surface area contributed by atoms with Gasteiger partial charge in [0.05, 0.1) is 5.75 Å². The van der Waals surface area contributed by atoms with E-state index in [1.165, 1.54) is 16.4 Å². The second-order valence-corrected chi connectivity index (χ2v) is 8.83. The zero-order valence-corrected chi connectivity index (χ0v) is 16.0. The van der Waals surface area contributed by atoms with E-state index >= 15 is 0 Å². The first kappa shape index (κ1) is 19.9. The average molecular weight is 394 g/mol. The highest BCUT2D eigenvalue weighted by Crippen LogP contribution is 2.14. The number of sulfonamides is 1. The van der Waals surface area contributed by atoms with Gasteiger partial charge in [-0.25, -0.2) is 17.2 Å². The van der Waals surface area contributed by atoms with E-state index in [0.29, 0.717) is 50.3 Å². The first-order valence-corrected chi connectivity index (χ1v) is 10.7. The first-order valence-electron chi connectivity index (χ1n) is 9.13. The van der Waals surface area contributed by atoms with Crippen LogP contribution >= 0.6 is 0 Å². The van der Waals surface area contributed by atoms with Gasteiger partial charge in [-0.15, -0.1) is 0 Å². The van der Waals surface area contributed by atoms with E-state index in [-0.39, 0.29) is 23.8 Å². The lowest BCUT2D eigenvalue weighted by Crippen LogP contribution is -2.49. The summed E-state index contributed by atoms with van der Waals surface area (Å²) in [4.78, 5) is 2.15. The maximum Gasteiger partial charge on any atom is 0.214 e. The number of nitrogens with zero attached hydrogens (tertiary/aromatic N) is 2. The maximum atomic E-state index is 13.7. The third kappa shape index (κ3) is 5.34. The molecule has 1 heterocycles. The molecule has 0 radical (unpaired) electrons. The largest absolute Gasteiger partial charge is 0.300 e. The van der Waals surface area contributed by atoms with Gasteiger partial charge in [0.1, 0.15) is 11.6 Å². The summed E-state index contributed by atoms with van der Waals surface area (Å²) < 4.78 is 53.9. The maximum absolute atomic E-state index is 13.7. The number of aryl methyl sites for hydroxylation is 1. The Labute approximate surface area is 159 Å². The third-order valence-corrected chi connectivity index (χ3v) is 6.84. The minimum absolute atomic E-state index is 0.0941. The fraction of sp³-hybridized carbons (Fsp3) is 0.400. The molecule has 0 saturated carbocycles. The van der Waals surface area contributed by atoms with E-state index in [9.17, 15) is 17.2 Å². The Morgan fingerprint density at radius 1 is 0.778 bits per heavy atom. The fourth-order valence-corrected chi connectivity index (χ4v) is 4.74. The van der Waals surface area contributed by atoms with Crippen molar-refractivity contribution in [1.29, 1.82) is 0 Å². The molecule has 0 atom stereocenters. The van der Waals surface area contributed by atoms with Crippen LogP contribution in [0.1, 0.15) is 11.1 Å². The van der Waals surface area contributed by atoms with E-state index < -0.39 is 10.0 Å². The van der Waals surface area contributed by atoms with Gasteiger partial charge in [-0.3, -0.25) is 0 Å². The molecule has 0 spiro atoms. The number of rotatable bonds is 7. The lowest BCUT2D eigenvalue weighted by atomic mass is 10.1. The van der Waals surface area contributed by atoms with Crippen molar-refractivity contribution in [1.82, 2.24) is 9.21 Å². The first-order chi connectivity index (χ1) is 13.0. The standard InChI is InChI=1S/C20H24F2N2O2S/c21-19-7-3-1-5-17(19)9-11-23-12-14-24(15-13-23)27(25,26)16-10-18-6-2-4-8-20(18)22/h1-8H,9-16H2. The van der Waals surface area contributed by atoms with Gasteiger partial charge in [-0.1, -0.05) is 36.4 Å². The van der Waals surface area contributed by atoms with Crippen molar-refractivity contribution < 1.29 is 17.2 Å². The van der Waals surface area contributed by atoms with Gasteiger partial charge in [-0.05, 0) is 36.1 Å². The summed E-state index contributed by atoms with van der Waals surface area (Å²) in [6.45, 7) is 2.76. The molecule has 0 aliphatic carbocycles. The molecule has 2 aromatic rings. The molecule has 27 heavy (non-hydrogen) atoms. The molecular formula is C20H24F2N2O2S. The topological polar surface area (TPSA) is 40.6 Å². The van der Waals surface area contributed by atoms with Crippen LogP contribution in [0, 0.1) is 11.6 Å².